The lowest BCUT2D eigenvalue weighted by Crippen LogP contribution is -2.39. The molecule has 100 valence electrons. The molecule has 1 fully saturated rings. The van der Waals surface area contributed by atoms with Crippen LogP contribution in [-0.2, 0) is 11.3 Å². The van der Waals surface area contributed by atoms with Crippen molar-refractivity contribution in [3.8, 4) is 0 Å². The summed E-state index contributed by atoms with van der Waals surface area (Å²) in [4.78, 5) is 13.8. The molecular formula is C13H22N4O. The summed E-state index contributed by atoms with van der Waals surface area (Å²) in [5, 5.41) is 4.23. The van der Waals surface area contributed by atoms with Crippen molar-refractivity contribution in [1.82, 2.24) is 14.7 Å². The Balaban J connectivity index is 1.72. The maximum absolute atomic E-state index is 11.8. The van der Waals surface area contributed by atoms with E-state index in [-0.39, 0.29) is 5.91 Å². The molecule has 0 unspecified atom stereocenters. The SMILES string of the molecule is NCCCC(=O)N1CCC(Cn2cccn2)CC1. The molecule has 0 atom stereocenters. The summed E-state index contributed by atoms with van der Waals surface area (Å²) >= 11 is 0. The first kappa shape index (κ1) is 13.1. The molecule has 1 aliphatic heterocycles. The van der Waals surface area contributed by atoms with Crippen molar-refractivity contribution in [2.24, 2.45) is 11.7 Å². The van der Waals surface area contributed by atoms with Gasteiger partial charge < -0.3 is 10.6 Å². The quantitative estimate of drug-likeness (QED) is 0.843. The van der Waals surface area contributed by atoms with Crippen molar-refractivity contribution in [2.75, 3.05) is 19.6 Å². The van der Waals surface area contributed by atoms with E-state index in [4.69, 9.17) is 5.73 Å². The van der Waals surface area contributed by atoms with E-state index in [0.717, 1.165) is 38.9 Å². The largest absolute Gasteiger partial charge is 0.343 e. The van der Waals surface area contributed by atoms with Crippen LogP contribution in [-0.4, -0.2) is 40.2 Å². The van der Waals surface area contributed by atoms with E-state index in [2.05, 4.69) is 5.10 Å². The van der Waals surface area contributed by atoms with E-state index in [0.29, 0.717) is 18.9 Å². The number of carbonyl (C=O) groups excluding carboxylic acids is 1. The number of carbonyl (C=O) groups is 1. The van der Waals surface area contributed by atoms with Crippen LogP contribution in [0.25, 0.3) is 0 Å². The first-order chi connectivity index (χ1) is 8.79. The molecule has 5 heteroatoms. The molecule has 18 heavy (non-hydrogen) atoms. The Labute approximate surface area is 108 Å². The Morgan fingerprint density at radius 1 is 1.39 bits per heavy atom. The van der Waals surface area contributed by atoms with Crippen molar-refractivity contribution in [2.45, 2.75) is 32.2 Å². The van der Waals surface area contributed by atoms with Gasteiger partial charge in [0.05, 0.1) is 0 Å². The van der Waals surface area contributed by atoms with E-state index in [1.807, 2.05) is 28.0 Å². The summed E-state index contributed by atoms with van der Waals surface area (Å²) in [6, 6.07) is 1.95. The highest BCUT2D eigenvalue weighted by molar-refractivity contribution is 5.76. The van der Waals surface area contributed by atoms with Gasteiger partial charge in [0.1, 0.15) is 0 Å². The second-order valence-electron chi connectivity index (χ2n) is 4.94. The molecule has 1 aliphatic rings. The Kier molecular flexibility index (Phi) is 4.75. The average Bonchev–Trinajstić information content (AvgIpc) is 2.89. The van der Waals surface area contributed by atoms with Gasteiger partial charge in [0, 0.05) is 38.4 Å². The first-order valence-corrected chi connectivity index (χ1v) is 6.75. The second kappa shape index (κ2) is 6.54. The third kappa shape index (κ3) is 3.57. The molecule has 2 N–H and O–H groups in total. The number of rotatable bonds is 5. The Bertz CT molecular complexity index is 355. The lowest BCUT2D eigenvalue weighted by Gasteiger charge is -2.32. The summed E-state index contributed by atoms with van der Waals surface area (Å²) < 4.78 is 1.98. The molecular weight excluding hydrogens is 228 g/mol. The summed E-state index contributed by atoms with van der Waals surface area (Å²) in [6.07, 6.45) is 7.36. The van der Waals surface area contributed by atoms with Gasteiger partial charge in [-0.15, -0.1) is 0 Å². The number of hydrogen-bond acceptors (Lipinski definition) is 3. The van der Waals surface area contributed by atoms with Crippen LogP contribution in [0.2, 0.25) is 0 Å². The topological polar surface area (TPSA) is 64.2 Å². The molecule has 0 radical (unpaired) electrons. The fraction of sp³-hybridized carbons (Fsp3) is 0.692. The van der Waals surface area contributed by atoms with Crippen LogP contribution >= 0.6 is 0 Å². The third-order valence-corrected chi connectivity index (χ3v) is 3.57. The molecule has 2 heterocycles. The number of nitrogens with two attached hydrogens (primary N) is 1. The predicted molar refractivity (Wildman–Crippen MR) is 69.8 cm³/mol. The zero-order valence-electron chi connectivity index (χ0n) is 10.8. The highest BCUT2D eigenvalue weighted by Gasteiger charge is 2.22. The fourth-order valence-electron chi connectivity index (χ4n) is 2.45. The number of piperidine rings is 1. The maximum Gasteiger partial charge on any atom is 0.222 e. The van der Waals surface area contributed by atoms with Gasteiger partial charge in [-0.1, -0.05) is 0 Å². The summed E-state index contributed by atoms with van der Waals surface area (Å²) in [5.41, 5.74) is 5.42. The third-order valence-electron chi connectivity index (χ3n) is 3.57. The Morgan fingerprint density at radius 2 is 2.17 bits per heavy atom. The molecule has 0 aliphatic carbocycles. The minimum Gasteiger partial charge on any atom is -0.343 e. The van der Waals surface area contributed by atoms with Gasteiger partial charge in [0.25, 0.3) is 0 Å². The molecule has 1 amide bonds. The molecule has 1 aromatic heterocycles. The van der Waals surface area contributed by atoms with Crippen molar-refractivity contribution >= 4 is 5.91 Å². The van der Waals surface area contributed by atoms with Crippen LogP contribution in [0.5, 0.6) is 0 Å². The van der Waals surface area contributed by atoms with Crippen LogP contribution in [0, 0.1) is 5.92 Å². The van der Waals surface area contributed by atoms with Crippen LogP contribution in [0.1, 0.15) is 25.7 Å². The van der Waals surface area contributed by atoms with Crippen molar-refractivity contribution in [3.05, 3.63) is 18.5 Å². The average molecular weight is 250 g/mol. The number of hydrogen-bond donors (Lipinski definition) is 1. The molecule has 1 saturated heterocycles. The Hall–Kier alpha value is -1.36. The van der Waals surface area contributed by atoms with Gasteiger partial charge in [-0.05, 0) is 37.8 Å². The molecule has 0 bridgehead atoms. The monoisotopic (exact) mass is 250 g/mol. The second-order valence-corrected chi connectivity index (χ2v) is 4.94. The van der Waals surface area contributed by atoms with Crippen LogP contribution in [0.4, 0.5) is 0 Å². The normalized spacial score (nSPS) is 17.1. The lowest BCUT2D eigenvalue weighted by molar-refractivity contribution is -0.132. The van der Waals surface area contributed by atoms with Gasteiger partial charge in [0.2, 0.25) is 5.91 Å². The van der Waals surface area contributed by atoms with Gasteiger partial charge >= 0.3 is 0 Å². The number of nitrogens with zero attached hydrogens (tertiary/aromatic N) is 3. The maximum atomic E-state index is 11.8. The van der Waals surface area contributed by atoms with E-state index >= 15 is 0 Å². The standard InChI is InChI=1S/C13H22N4O/c14-6-1-3-13(18)16-9-4-12(5-10-16)11-17-8-2-7-15-17/h2,7-8,12H,1,3-6,9-11,14H2. The molecule has 5 nitrogen and oxygen atoms in total. The molecule has 0 saturated carbocycles. The summed E-state index contributed by atoms with van der Waals surface area (Å²) in [5.74, 6) is 0.904. The van der Waals surface area contributed by atoms with Crippen LogP contribution in [0.15, 0.2) is 18.5 Å². The molecule has 2 rings (SSSR count). The highest BCUT2D eigenvalue weighted by atomic mass is 16.2. The van der Waals surface area contributed by atoms with Gasteiger partial charge in [-0.25, -0.2) is 0 Å². The van der Waals surface area contributed by atoms with Crippen LogP contribution < -0.4 is 5.73 Å². The zero-order valence-corrected chi connectivity index (χ0v) is 10.8. The summed E-state index contributed by atoms with van der Waals surface area (Å²) in [6.45, 7) is 3.34. The van der Waals surface area contributed by atoms with Gasteiger partial charge in [-0.3, -0.25) is 9.48 Å². The zero-order chi connectivity index (χ0) is 12.8. The minimum absolute atomic E-state index is 0.262. The first-order valence-electron chi connectivity index (χ1n) is 6.75. The predicted octanol–water partition coefficient (Wildman–Crippen LogP) is 0.861. The highest BCUT2D eigenvalue weighted by Crippen LogP contribution is 2.19. The Morgan fingerprint density at radius 3 is 2.78 bits per heavy atom. The molecule has 1 aromatic rings. The fourth-order valence-corrected chi connectivity index (χ4v) is 2.45. The van der Waals surface area contributed by atoms with Crippen molar-refractivity contribution in [1.29, 1.82) is 0 Å². The molecule has 0 spiro atoms. The smallest absolute Gasteiger partial charge is 0.222 e. The van der Waals surface area contributed by atoms with Gasteiger partial charge in [0.15, 0.2) is 0 Å². The minimum atomic E-state index is 0.262. The van der Waals surface area contributed by atoms with Crippen molar-refractivity contribution < 1.29 is 4.79 Å². The summed E-state index contributed by atoms with van der Waals surface area (Å²) in [7, 11) is 0. The van der Waals surface area contributed by atoms with E-state index in [1.54, 1.807) is 0 Å². The lowest BCUT2D eigenvalue weighted by atomic mass is 9.96. The van der Waals surface area contributed by atoms with Crippen molar-refractivity contribution in [3.63, 3.8) is 0 Å². The van der Waals surface area contributed by atoms with E-state index in [9.17, 15) is 4.79 Å². The van der Waals surface area contributed by atoms with E-state index < -0.39 is 0 Å². The van der Waals surface area contributed by atoms with Gasteiger partial charge in [-0.2, -0.15) is 5.10 Å². The number of amides is 1. The number of likely N-dealkylation sites (tertiary alicyclic amines) is 1. The van der Waals surface area contributed by atoms with E-state index in [1.165, 1.54) is 0 Å². The van der Waals surface area contributed by atoms with Crippen LogP contribution in [0.3, 0.4) is 0 Å². The number of aromatic nitrogens is 2. The molecule has 0 aromatic carbocycles.